The molecule has 0 aliphatic carbocycles. The van der Waals surface area contributed by atoms with E-state index in [0.717, 1.165) is 21.9 Å². The summed E-state index contributed by atoms with van der Waals surface area (Å²) in [6, 6.07) is 15.5. The molecule has 0 bridgehead atoms. The van der Waals surface area contributed by atoms with Crippen molar-refractivity contribution in [2.45, 2.75) is 24.5 Å². The third kappa shape index (κ3) is 4.19. The minimum atomic E-state index is -0.240. The van der Waals surface area contributed by atoms with Crippen molar-refractivity contribution >= 4 is 34.7 Å². The molecule has 4 aromatic rings. The summed E-state index contributed by atoms with van der Waals surface area (Å²) in [5.41, 5.74) is 3.04. The number of nitrogens with zero attached hydrogens (tertiary/aromatic N) is 4. The molecule has 1 amide bonds. The topological polar surface area (TPSA) is 87.4 Å². The van der Waals surface area contributed by atoms with E-state index in [1.807, 2.05) is 60.8 Å². The largest absolute Gasteiger partial charge is 0.467 e. The summed E-state index contributed by atoms with van der Waals surface area (Å²) in [5, 5.41) is 15.9. The van der Waals surface area contributed by atoms with Gasteiger partial charge in [-0.2, -0.15) is 5.10 Å². The molecule has 156 valence electrons. The molecule has 1 unspecified atom stereocenters. The Balaban J connectivity index is 1.30. The molecule has 0 saturated carbocycles. The Morgan fingerprint density at radius 2 is 2.13 bits per heavy atom. The summed E-state index contributed by atoms with van der Waals surface area (Å²) in [6.07, 6.45) is 2.25. The van der Waals surface area contributed by atoms with E-state index in [1.54, 1.807) is 17.6 Å². The maximum Gasteiger partial charge on any atom is 0.253 e. The molecule has 1 aromatic carbocycles. The summed E-state index contributed by atoms with van der Waals surface area (Å²) < 4.78 is 5.59. The molecule has 0 fully saturated rings. The molecule has 0 spiro atoms. The predicted octanol–water partition coefficient (Wildman–Crippen LogP) is 4.90. The number of aryl methyl sites for hydroxylation is 1. The summed E-state index contributed by atoms with van der Waals surface area (Å²) in [6.45, 7) is 2.04. The Labute approximate surface area is 187 Å². The number of benzene rings is 1. The van der Waals surface area contributed by atoms with Crippen LogP contribution in [0.5, 0.6) is 0 Å². The van der Waals surface area contributed by atoms with Gasteiger partial charge in [0.05, 0.1) is 22.6 Å². The zero-order valence-corrected chi connectivity index (χ0v) is 18.3. The number of furan rings is 1. The number of hydrogen-bond acceptors (Lipinski definition) is 7. The van der Waals surface area contributed by atoms with Gasteiger partial charge in [-0.05, 0) is 30.5 Å². The molecule has 1 aliphatic rings. The molecule has 0 saturated heterocycles. The number of aromatic nitrogens is 3. The minimum absolute atomic E-state index is 0.111. The van der Waals surface area contributed by atoms with Crippen LogP contribution in [0.3, 0.4) is 0 Å². The lowest BCUT2D eigenvalue weighted by Gasteiger charge is -2.19. The number of amides is 1. The first-order valence-electron chi connectivity index (χ1n) is 9.76. The van der Waals surface area contributed by atoms with Gasteiger partial charge in [0.2, 0.25) is 5.16 Å². The smallest absolute Gasteiger partial charge is 0.253 e. The van der Waals surface area contributed by atoms with Gasteiger partial charge < -0.3 is 4.42 Å². The van der Waals surface area contributed by atoms with Crippen LogP contribution in [0.2, 0.25) is 0 Å². The fourth-order valence-electron chi connectivity index (χ4n) is 3.38. The number of aromatic amines is 1. The molecule has 1 N–H and O–H groups in total. The van der Waals surface area contributed by atoms with E-state index >= 15 is 0 Å². The van der Waals surface area contributed by atoms with Gasteiger partial charge in [-0.15, -0.1) is 16.4 Å². The van der Waals surface area contributed by atoms with Gasteiger partial charge >= 0.3 is 0 Å². The van der Waals surface area contributed by atoms with E-state index in [4.69, 9.17) is 4.42 Å². The van der Waals surface area contributed by atoms with Gasteiger partial charge in [0, 0.05) is 12.0 Å². The molecule has 3 aromatic heterocycles. The van der Waals surface area contributed by atoms with Crippen LogP contribution in [-0.4, -0.2) is 37.6 Å². The second kappa shape index (κ2) is 8.52. The molecule has 4 heterocycles. The second-order valence-corrected chi connectivity index (χ2v) is 9.01. The van der Waals surface area contributed by atoms with Crippen molar-refractivity contribution < 1.29 is 9.21 Å². The lowest BCUT2D eigenvalue weighted by Crippen LogP contribution is -2.28. The van der Waals surface area contributed by atoms with Gasteiger partial charge in [0.1, 0.15) is 11.8 Å². The highest BCUT2D eigenvalue weighted by Gasteiger charge is 2.35. The zero-order valence-electron chi connectivity index (χ0n) is 16.7. The van der Waals surface area contributed by atoms with Crippen molar-refractivity contribution in [1.82, 2.24) is 20.2 Å². The van der Waals surface area contributed by atoms with Gasteiger partial charge in [-0.25, -0.2) is 9.99 Å². The highest BCUT2D eigenvalue weighted by atomic mass is 32.2. The average Bonchev–Trinajstić information content (AvgIpc) is 3.58. The van der Waals surface area contributed by atoms with Crippen molar-refractivity contribution in [3.63, 3.8) is 0 Å². The summed E-state index contributed by atoms with van der Waals surface area (Å²) in [5.74, 6) is 1.49. The SMILES string of the molecule is Cc1ccc(-c2nc(SCC(=O)N3N=C(c4cccs4)CC3c3ccco3)n[nH]2)cc1. The van der Waals surface area contributed by atoms with Crippen LogP contribution in [-0.2, 0) is 4.79 Å². The summed E-state index contributed by atoms with van der Waals surface area (Å²) in [7, 11) is 0. The van der Waals surface area contributed by atoms with Crippen LogP contribution in [0.25, 0.3) is 11.4 Å². The van der Waals surface area contributed by atoms with E-state index in [0.29, 0.717) is 17.4 Å². The third-order valence-corrected chi connectivity index (χ3v) is 6.71. The fraction of sp³-hybridized carbons (Fsp3) is 0.182. The van der Waals surface area contributed by atoms with Crippen LogP contribution in [0.4, 0.5) is 0 Å². The van der Waals surface area contributed by atoms with Gasteiger partial charge in [0.25, 0.3) is 5.91 Å². The Kier molecular flexibility index (Phi) is 5.44. The van der Waals surface area contributed by atoms with Crippen LogP contribution in [0.15, 0.2) is 74.8 Å². The van der Waals surface area contributed by atoms with Crippen molar-refractivity contribution in [2.24, 2.45) is 5.10 Å². The number of rotatable bonds is 6. The second-order valence-electron chi connectivity index (χ2n) is 7.12. The van der Waals surface area contributed by atoms with Gasteiger partial charge in [-0.1, -0.05) is 47.7 Å². The molecule has 5 rings (SSSR count). The fourth-order valence-corrected chi connectivity index (χ4v) is 4.75. The quantitative estimate of drug-likeness (QED) is 0.423. The van der Waals surface area contributed by atoms with Crippen molar-refractivity contribution in [3.8, 4) is 11.4 Å². The molecule has 31 heavy (non-hydrogen) atoms. The standard InChI is InChI=1S/C22H19N5O2S2/c1-14-6-8-15(9-7-14)21-23-22(25-24-21)31-13-20(28)27-17(18-4-2-10-29-18)12-16(26-27)19-5-3-11-30-19/h2-11,17H,12-13H2,1H3,(H,23,24,25). The number of thiophene rings is 1. The monoisotopic (exact) mass is 449 g/mol. The van der Waals surface area contributed by atoms with Crippen LogP contribution >= 0.6 is 23.1 Å². The van der Waals surface area contributed by atoms with Crippen molar-refractivity contribution in [1.29, 1.82) is 0 Å². The number of carbonyl (C=O) groups excluding carboxylic acids is 1. The lowest BCUT2D eigenvalue weighted by atomic mass is 10.1. The number of nitrogens with one attached hydrogen (secondary N) is 1. The molecular weight excluding hydrogens is 430 g/mol. The Hall–Kier alpha value is -3.17. The Morgan fingerprint density at radius 1 is 1.26 bits per heavy atom. The highest BCUT2D eigenvalue weighted by Crippen LogP contribution is 2.34. The van der Waals surface area contributed by atoms with Crippen LogP contribution in [0.1, 0.15) is 28.7 Å². The maximum absolute atomic E-state index is 13.0. The molecular formula is C22H19N5O2S2. The van der Waals surface area contributed by atoms with E-state index in [2.05, 4.69) is 20.3 Å². The number of H-pyrrole nitrogens is 1. The normalized spacial score (nSPS) is 16.0. The van der Waals surface area contributed by atoms with E-state index < -0.39 is 0 Å². The van der Waals surface area contributed by atoms with Gasteiger partial charge in [0.15, 0.2) is 5.82 Å². The van der Waals surface area contributed by atoms with E-state index in [1.165, 1.54) is 22.3 Å². The average molecular weight is 450 g/mol. The predicted molar refractivity (Wildman–Crippen MR) is 121 cm³/mol. The summed E-state index contributed by atoms with van der Waals surface area (Å²) in [4.78, 5) is 18.6. The third-order valence-electron chi connectivity index (χ3n) is 4.96. The highest BCUT2D eigenvalue weighted by molar-refractivity contribution is 7.99. The number of carbonyl (C=O) groups is 1. The number of hydrogen-bond donors (Lipinski definition) is 1. The van der Waals surface area contributed by atoms with Crippen molar-refractivity contribution in [2.75, 3.05) is 5.75 Å². The van der Waals surface area contributed by atoms with Crippen LogP contribution < -0.4 is 0 Å². The number of hydrazone groups is 1. The maximum atomic E-state index is 13.0. The molecule has 0 radical (unpaired) electrons. The summed E-state index contributed by atoms with van der Waals surface area (Å²) >= 11 is 2.91. The molecule has 9 heteroatoms. The molecule has 1 aliphatic heterocycles. The minimum Gasteiger partial charge on any atom is -0.467 e. The van der Waals surface area contributed by atoms with Gasteiger partial charge in [-0.3, -0.25) is 9.89 Å². The lowest BCUT2D eigenvalue weighted by molar-refractivity contribution is -0.130. The Morgan fingerprint density at radius 3 is 2.87 bits per heavy atom. The number of thioether (sulfide) groups is 1. The first-order chi connectivity index (χ1) is 15.2. The first kappa shape index (κ1) is 19.8. The van der Waals surface area contributed by atoms with Crippen LogP contribution in [0, 0.1) is 6.92 Å². The van der Waals surface area contributed by atoms with E-state index in [-0.39, 0.29) is 17.7 Å². The molecule has 7 nitrogen and oxygen atoms in total. The zero-order chi connectivity index (χ0) is 21.2. The van der Waals surface area contributed by atoms with Crippen molar-refractivity contribution in [3.05, 3.63) is 76.4 Å². The van der Waals surface area contributed by atoms with E-state index in [9.17, 15) is 4.79 Å². The first-order valence-corrected chi connectivity index (χ1v) is 11.6. The Bertz CT molecular complexity index is 1200. The molecule has 1 atom stereocenters.